The third-order valence-corrected chi connectivity index (χ3v) is 3.23. The number of nitrogens with two attached hydrogens (primary N) is 2. The van der Waals surface area contributed by atoms with Crippen LogP contribution in [0.25, 0.3) is 0 Å². The molecule has 0 aromatic carbocycles. The Morgan fingerprint density at radius 3 is 2.00 bits per heavy atom. The van der Waals surface area contributed by atoms with Gasteiger partial charge in [0, 0.05) is 5.54 Å². The summed E-state index contributed by atoms with van der Waals surface area (Å²) < 4.78 is 0. The predicted molar refractivity (Wildman–Crippen MR) is 52.8 cm³/mol. The summed E-state index contributed by atoms with van der Waals surface area (Å²) in [7, 11) is 0. The minimum atomic E-state index is 0.0135. The van der Waals surface area contributed by atoms with Crippen LogP contribution in [0.2, 0.25) is 0 Å². The topological polar surface area (TPSA) is 52.0 Å². The third kappa shape index (κ3) is 2.46. The predicted octanol–water partition coefficient (Wildman–Crippen LogP) is 1.49. The summed E-state index contributed by atoms with van der Waals surface area (Å²) in [6, 6.07) is 0. The molecule has 2 heteroatoms. The van der Waals surface area contributed by atoms with E-state index in [1.807, 2.05) is 0 Å². The van der Waals surface area contributed by atoms with Crippen molar-refractivity contribution in [3.05, 3.63) is 0 Å². The first-order chi connectivity index (χ1) is 5.54. The summed E-state index contributed by atoms with van der Waals surface area (Å²) in [5, 5.41) is 0. The zero-order chi connectivity index (χ0) is 9.19. The molecule has 12 heavy (non-hydrogen) atoms. The maximum Gasteiger partial charge on any atom is 0.0125 e. The molecular weight excluding hydrogens is 148 g/mol. The molecule has 0 saturated heterocycles. The standard InChI is InChI=1S/C10H22N2/c1-10(2,12)9-5-3-8(7-11)4-6-9/h8-9H,3-7,11-12H2,1-2H3. The normalized spacial score (nSPS) is 32.0. The second-order valence-electron chi connectivity index (χ2n) is 4.77. The van der Waals surface area contributed by atoms with Crippen LogP contribution in [0.1, 0.15) is 39.5 Å². The molecule has 4 N–H and O–H groups in total. The van der Waals surface area contributed by atoms with Gasteiger partial charge in [0.1, 0.15) is 0 Å². The molecule has 0 aromatic rings. The molecule has 1 fully saturated rings. The first kappa shape index (κ1) is 10.0. The van der Waals surface area contributed by atoms with Gasteiger partial charge in [-0.1, -0.05) is 0 Å². The Morgan fingerprint density at radius 2 is 1.67 bits per heavy atom. The van der Waals surface area contributed by atoms with Crippen LogP contribution in [-0.2, 0) is 0 Å². The zero-order valence-corrected chi connectivity index (χ0v) is 8.34. The smallest absolute Gasteiger partial charge is 0.0125 e. The van der Waals surface area contributed by atoms with Crippen LogP contribution in [0.3, 0.4) is 0 Å². The molecule has 1 saturated carbocycles. The highest BCUT2D eigenvalue weighted by atomic mass is 14.7. The molecule has 72 valence electrons. The molecule has 0 radical (unpaired) electrons. The van der Waals surface area contributed by atoms with E-state index in [4.69, 9.17) is 11.5 Å². The molecule has 0 aromatic heterocycles. The Balaban J connectivity index is 2.36. The quantitative estimate of drug-likeness (QED) is 0.659. The monoisotopic (exact) mass is 170 g/mol. The van der Waals surface area contributed by atoms with Gasteiger partial charge >= 0.3 is 0 Å². The molecule has 2 nitrogen and oxygen atoms in total. The SMILES string of the molecule is CC(C)(N)C1CCC(CN)CC1. The van der Waals surface area contributed by atoms with Crippen LogP contribution in [0, 0.1) is 11.8 Å². The van der Waals surface area contributed by atoms with E-state index in [9.17, 15) is 0 Å². The van der Waals surface area contributed by atoms with Gasteiger partial charge in [0.25, 0.3) is 0 Å². The van der Waals surface area contributed by atoms with Gasteiger partial charge in [0.15, 0.2) is 0 Å². The van der Waals surface area contributed by atoms with Crippen LogP contribution in [0.4, 0.5) is 0 Å². The average molecular weight is 170 g/mol. The lowest BCUT2D eigenvalue weighted by Gasteiger charge is -2.36. The summed E-state index contributed by atoms with van der Waals surface area (Å²) in [4.78, 5) is 0. The summed E-state index contributed by atoms with van der Waals surface area (Å²) >= 11 is 0. The summed E-state index contributed by atoms with van der Waals surface area (Å²) in [6.45, 7) is 5.14. The lowest BCUT2D eigenvalue weighted by Crippen LogP contribution is -2.43. The van der Waals surface area contributed by atoms with E-state index in [0.29, 0.717) is 5.92 Å². The van der Waals surface area contributed by atoms with Gasteiger partial charge in [0.05, 0.1) is 0 Å². The van der Waals surface area contributed by atoms with Crippen LogP contribution in [-0.4, -0.2) is 12.1 Å². The van der Waals surface area contributed by atoms with E-state index in [1.54, 1.807) is 0 Å². The highest BCUT2D eigenvalue weighted by Crippen LogP contribution is 2.33. The van der Waals surface area contributed by atoms with Gasteiger partial charge in [-0.25, -0.2) is 0 Å². The molecule has 1 aliphatic rings. The van der Waals surface area contributed by atoms with E-state index >= 15 is 0 Å². The van der Waals surface area contributed by atoms with Gasteiger partial charge in [0.2, 0.25) is 0 Å². The Kier molecular flexibility index (Phi) is 3.13. The second kappa shape index (κ2) is 3.75. The minimum Gasteiger partial charge on any atom is -0.330 e. The largest absolute Gasteiger partial charge is 0.330 e. The Bertz CT molecular complexity index is 129. The molecule has 0 aliphatic heterocycles. The van der Waals surface area contributed by atoms with E-state index in [0.717, 1.165) is 12.5 Å². The highest BCUT2D eigenvalue weighted by molar-refractivity contribution is 4.86. The number of hydrogen-bond donors (Lipinski definition) is 2. The molecule has 0 bridgehead atoms. The van der Waals surface area contributed by atoms with Gasteiger partial charge in [-0.2, -0.15) is 0 Å². The van der Waals surface area contributed by atoms with Crippen molar-refractivity contribution in [2.75, 3.05) is 6.54 Å². The van der Waals surface area contributed by atoms with Crippen molar-refractivity contribution < 1.29 is 0 Å². The maximum absolute atomic E-state index is 6.07. The van der Waals surface area contributed by atoms with Crippen LogP contribution < -0.4 is 11.5 Å². The van der Waals surface area contributed by atoms with E-state index in [-0.39, 0.29) is 5.54 Å². The lowest BCUT2D eigenvalue weighted by atomic mass is 9.74. The maximum atomic E-state index is 6.07. The summed E-state index contributed by atoms with van der Waals surface area (Å²) in [6.07, 6.45) is 5.10. The third-order valence-electron chi connectivity index (χ3n) is 3.23. The van der Waals surface area contributed by atoms with Crippen LogP contribution in [0.5, 0.6) is 0 Å². The van der Waals surface area contributed by atoms with E-state index < -0.39 is 0 Å². The fourth-order valence-electron chi connectivity index (χ4n) is 2.14. The Labute approximate surface area is 75.7 Å². The highest BCUT2D eigenvalue weighted by Gasteiger charge is 2.29. The van der Waals surface area contributed by atoms with Crippen LogP contribution >= 0.6 is 0 Å². The second-order valence-corrected chi connectivity index (χ2v) is 4.77. The van der Waals surface area contributed by atoms with Crippen molar-refractivity contribution in [2.24, 2.45) is 23.3 Å². The fourth-order valence-corrected chi connectivity index (χ4v) is 2.14. The Morgan fingerprint density at radius 1 is 1.17 bits per heavy atom. The Hall–Kier alpha value is -0.0800. The minimum absolute atomic E-state index is 0.0135. The van der Waals surface area contributed by atoms with Gasteiger partial charge in [-0.15, -0.1) is 0 Å². The van der Waals surface area contributed by atoms with Gasteiger partial charge < -0.3 is 11.5 Å². The van der Waals surface area contributed by atoms with Gasteiger partial charge in [-0.05, 0) is 57.9 Å². The lowest BCUT2D eigenvalue weighted by molar-refractivity contribution is 0.200. The molecule has 0 unspecified atom stereocenters. The first-order valence-electron chi connectivity index (χ1n) is 5.03. The molecule has 1 aliphatic carbocycles. The van der Waals surface area contributed by atoms with Crippen molar-refractivity contribution in [3.63, 3.8) is 0 Å². The molecular formula is C10H22N2. The van der Waals surface area contributed by atoms with Gasteiger partial charge in [-0.3, -0.25) is 0 Å². The van der Waals surface area contributed by atoms with Crippen LogP contribution in [0.15, 0.2) is 0 Å². The number of hydrogen-bond acceptors (Lipinski definition) is 2. The molecule has 0 heterocycles. The van der Waals surface area contributed by atoms with Crippen molar-refractivity contribution in [1.82, 2.24) is 0 Å². The molecule has 0 atom stereocenters. The van der Waals surface area contributed by atoms with E-state index in [1.165, 1.54) is 25.7 Å². The van der Waals surface area contributed by atoms with Crippen molar-refractivity contribution in [1.29, 1.82) is 0 Å². The average Bonchev–Trinajstić information content (AvgIpc) is 2.03. The summed E-state index contributed by atoms with van der Waals surface area (Å²) in [5.41, 5.74) is 11.7. The molecule has 0 amide bonds. The first-order valence-corrected chi connectivity index (χ1v) is 5.03. The van der Waals surface area contributed by atoms with Crippen molar-refractivity contribution >= 4 is 0 Å². The van der Waals surface area contributed by atoms with Crippen molar-refractivity contribution in [3.8, 4) is 0 Å². The molecule has 1 rings (SSSR count). The van der Waals surface area contributed by atoms with E-state index in [2.05, 4.69) is 13.8 Å². The zero-order valence-electron chi connectivity index (χ0n) is 8.34. The molecule has 0 spiro atoms. The fraction of sp³-hybridized carbons (Fsp3) is 1.00. The van der Waals surface area contributed by atoms with Crippen molar-refractivity contribution in [2.45, 2.75) is 45.1 Å². The number of rotatable bonds is 2. The summed E-state index contributed by atoms with van der Waals surface area (Å²) in [5.74, 6) is 1.48.